The average Bonchev–Trinajstić information content (AvgIpc) is 2.64. The first-order chi connectivity index (χ1) is 13.6. The van der Waals surface area contributed by atoms with Gasteiger partial charge in [-0.15, -0.1) is 0 Å². The van der Waals surface area contributed by atoms with Crippen LogP contribution >= 0.6 is 0 Å². The van der Waals surface area contributed by atoms with Crippen molar-refractivity contribution >= 4 is 22.4 Å². The number of carbonyl (C=O) groups is 1. The summed E-state index contributed by atoms with van der Waals surface area (Å²) in [4.78, 5) is 21.5. The maximum Gasteiger partial charge on any atom is 0.251 e. The minimum atomic E-state index is -0.606. The Hall–Kier alpha value is -3.41. The minimum Gasteiger partial charge on any atom is -0.508 e. The van der Waals surface area contributed by atoms with Crippen LogP contribution in [0.2, 0.25) is 0 Å². The monoisotopic (exact) mass is 390 g/mol. The molecule has 6 nitrogen and oxygen atoms in total. The van der Waals surface area contributed by atoms with Gasteiger partial charge in [0.05, 0.1) is 11.1 Å². The number of nitrogens with zero attached hydrogens (tertiary/aromatic N) is 2. The van der Waals surface area contributed by atoms with E-state index in [-0.39, 0.29) is 11.3 Å². The summed E-state index contributed by atoms with van der Waals surface area (Å²) < 4.78 is 0. The van der Waals surface area contributed by atoms with Crippen molar-refractivity contribution in [1.82, 2.24) is 9.97 Å². The molecule has 0 atom stereocenters. The molecule has 2 heterocycles. The summed E-state index contributed by atoms with van der Waals surface area (Å²) in [7, 11) is 0. The molecule has 0 aliphatic heterocycles. The molecule has 5 N–H and O–H groups in total. The molecule has 150 valence electrons. The van der Waals surface area contributed by atoms with Crippen LogP contribution in [0.4, 0.5) is 0 Å². The summed E-state index contributed by atoms with van der Waals surface area (Å²) in [6, 6.07) is 5.40. The van der Waals surface area contributed by atoms with Gasteiger partial charge >= 0.3 is 0 Å². The number of carbonyl (C=O) groups excluding carboxylic acids is 1. The Morgan fingerprint density at radius 1 is 1.07 bits per heavy atom. The molecule has 0 spiro atoms. The minimum absolute atomic E-state index is 0.195. The normalized spacial score (nSPS) is 12.2. The predicted octanol–water partition coefficient (Wildman–Crippen LogP) is 3.28. The first-order valence-electron chi connectivity index (χ1n) is 9.42. The third kappa shape index (κ3) is 3.66. The molecular formula is C23H26N4O2. The van der Waals surface area contributed by atoms with Gasteiger partial charge in [-0.3, -0.25) is 14.8 Å². The summed E-state index contributed by atoms with van der Waals surface area (Å²) in [5.41, 5.74) is 19.3. The zero-order chi connectivity index (χ0) is 21.5. The van der Waals surface area contributed by atoms with E-state index in [1.54, 1.807) is 12.3 Å². The van der Waals surface area contributed by atoms with E-state index in [0.29, 0.717) is 23.4 Å². The van der Waals surface area contributed by atoms with Crippen LogP contribution in [0.1, 0.15) is 39.2 Å². The Morgan fingerprint density at radius 2 is 1.76 bits per heavy atom. The molecule has 6 heteroatoms. The zero-order valence-corrected chi connectivity index (χ0v) is 17.4. The highest BCUT2D eigenvalue weighted by Crippen LogP contribution is 2.31. The number of hydrogen-bond acceptors (Lipinski definition) is 5. The van der Waals surface area contributed by atoms with Gasteiger partial charge in [0.2, 0.25) is 0 Å². The second kappa shape index (κ2) is 7.54. The molecule has 0 aliphatic carbocycles. The number of amides is 1. The van der Waals surface area contributed by atoms with E-state index in [0.717, 1.165) is 38.9 Å². The fourth-order valence-corrected chi connectivity index (χ4v) is 3.81. The number of benzene rings is 1. The lowest BCUT2D eigenvalue weighted by Gasteiger charge is -2.18. The van der Waals surface area contributed by atoms with Crippen LogP contribution in [0.3, 0.4) is 0 Å². The van der Waals surface area contributed by atoms with Crippen molar-refractivity contribution in [2.75, 3.05) is 0 Å². The van der Waals surface area contributed by atoms with Gasteiger partial charge in [0.15, 0.2) is 0 Å². The van der Waals surface area contributed by atoms with Crippen molar-refractivity contribution in [3.05, 3.63) is 69.3 Å². The lowest BCUT2D eigenvalue weighted by Crippen LogP contribution is -2.21. The van der Waals surface area contributed by atoms with Crippen LogP contribution in [0.15, 0.2) is 30.1 Å². The summed E-state index contributed by atoms with van der Waals surface area (Å²) in [6.07, 6.45) is 2.06. The Kier molecular flexibility index (Phi) is 5.29. The van der Waals surface area contributed by atoms with Gasteiger partial charge in [0, 0.05) is 40.7 Å². The van der Waals surface area contributed by atoms with Crippen molar-refractivity contribution < 1.29 is 9.90 Å². The van der Waals surface area contributed by atoms with Crippen LogP contribution in [-0.2, 0) is 11.2 Å². The topological polar surface area (TPSA) is 115 Å². The molecular weight excluding hydrogens is 364 g/mol. The molecule has 0 fully saturated rings. The number of primary amides is 1. The quantitative estimate of drug-likeness (QED) is 0.591. The molecule has 0 bridgehead atoms. The molecule has 1 aromatic carbocycles. The molecule has 0 radical (unpaired) electrons. The number of phenols is 1. The van der Waals surface area contributed by atoms with Crippen LogP contribution in [0.25, 0.3) is 16.5 Å². The largest absolute Gasteiger partial charge is 0.508 e. The van der Waals surface area contributed by atoms with Crippen LogP contribution in [-0.4, -0.2) is 21.0 Å². The van der Waals surface area contributed by atoms with Gasteiger partial charge in [0.1, 0.15) is 5.75 Å². The van der Waals surface area contributed by atoms with Gasteiger partial charge < -0.3 is 16.6 Å². The second-order valence-electron chi connectivity index (χ2n) is 7.49. The fourth-order valence-electron chi connectivity index (χ4n) is 3.81. The Labute approximate surface area is 170 Å². The number of hydrogen-bond donors (Lipinski definition) is 3. The molecule has 0 saturated heterocycles. The van der Waals surface area contributed by atoms with Crippen molar-refractivity contribution in [3.63, 3.8) is 0 Å². The van der Waals surface area contributed by atoms with Gasteiger partial charge in [-0.05, 0) is 69.0 Å². The third-order valence-electron chi connectivity index (χ3n) is 5.44. The number of aryl methyl sites for hydroxylation is 4. The molecule has 2 aromatic heterocycles. The maximum atomic E-state index is 12.5. The highest BCUT2D eigenvalue weighted by atomic mass is 16.3. The van der Waals surface area contributed by atoms with Crippen LogP contribution in [0, 0.1) is 34.6 Å². The summed E-state index contributed by atoms with van der Waals surface area (Å²) in [5.74, 6) is -0.411. The lowest BCUT2D eigenvalue weighted by molar-refractivity contribution is -0.112. The van der Waals surface area contributed by atoms with Crippen molar-refractivity contribution in [3.8, 4) is 5.75 Å². The van der Waals surface area contributed by atoms with Crippen LogP contribution in [0.5, 0.6) is 5.75 Å². The number of allylic oxidation sites excluding steroid dienone is 1. The molecule has 3 rings (SSSR count). The Morgan fingerprint density at radius 3 is 2.41 bits per heavy atom. The molecule has 0 saturated carbocycles. The van der Waals surface area contributed by atoms with Gasteiger partial charge in [-0.25, -0.2) is 0 Å². The van der Waals surface area contributed by atoms with E-state index in [1.165, 1.54) is 0 Å². The number of phenolic OH excluding ortho intramolecular Hbond substituents is 1. The number of fused-ring (bicyclic) bond motifs is 1. The standard InChI is InChI=1S/C23H26N4O2/c1-11-6-7-20(28)13(3)16(11)9-18(24)22(23(25)29)21-14(4)17-10-26-12(2)8-19(17)27-15(21)5/h6-8,10,28H,9,24H2,1-5H3,(H2,25,29)/b22-18-. The van der Waals surface area contributed by atoms with Gasteiger partial charge in [-0.1, -0.05) is 6.07 Å². The third-order valence-corrected chi connectivity index (χ3v) is 5.44. The van der Waals surface area contributed by atoms with E-state index in [1.807, 2.05) is 46.8 Å². The first kappa shape index (κ1) is 20.3. The molecule has 3 aromatic rings. The van der Waals surface area contributed by atoms with Crippen LogP contribution < -0.4 is 11.5 Å². The van der Waals surface area contributed by atoms with E-state index >= 15 is 0 Å². The first-order valence-corrected chi connectivity index (χ1v) is 9.42. The smallest absolute Gasteiger partial charge is 0.251 e. The lowest BCUT2D eigenvalue weighted by atomic mass is 9.91. The zero-order valence-electron chi connectivity index (χ0n) is 17.4. The SMILES string of the molecule is Cc1cc2nc(C)c(/C(C(N)=O)=C(/N)Cc3c(C)ccc(O)c3C)c(C)c2cn1. The van der Waals surface area contributed by atoms with Gasteiger partial charge in [0.25, 0.3) is 5.91 Å². The molecule has 0 unspecified atom stereocenters. The number of pyridine rings is 2. The van der Waals surface area contributed by atoms with E-state index in [2.05, 4.69) is 9.97 Å². The maximum absolute atomic E-state index is 12.5. The number of nitrogens with two attached hydrogens (primary N) is 2. The molecule has 1 amide bonds. The Balaban J connectivity index is 2.24. The van der Waals surface area contributed by atoms with Crippen molar-refractivity contribution in [1.29, 1.82) is 0 Å². The fraction of sp³-hybridized carbons (Fsp3) is 0.261. The van der Waals surface area contributed by atoms with E-state index < -0.39 is 5.91 Å². The van der Waals surface area contributed by atoms with Gasteiger partial charge in [-0.2, -0.15) is 0 Å². The van der Waals surface area contributed by atoms with Crippen molar-refractivity contribution in [2.24, 2.45) is 11.5 Å². The number of aromatic nitrogens is 2. The number of rotatable bonds is 4. The summed E-state index contributed by atoms with van der Waals surface area (Å²) >= 11 is 0. The highest BCUT2D eigenvalue weighted by molar-refractivity contribution is 6.21. The van der Waals surface area contributed by atoms with E-state index in [9.17, 15) is 9.90 Å². The summed E-state index contributed by atoms with van der Waals surface area (Å²) in [6.45, 7) is 9.45. The molecule has 0 aliphatic rings. The van der Waals surface area contributed by atoms with Crippen molar-refractivity contribution in [2.45, 2.75) is 41.0 Å². The number of aromatic hydroxyl groups is 1. The van der Waals surface area contributed by atoms with E-state index in [4.69, 9.17) is 11.5 Å². The molecule has 29 heavy (non-hydrogen) atoms. The highest BCUT2D eigenvalue weighted by Gasteiger charge is 2.22. The Bertz CT molecular complexity index is 1180. The summed E-state index contributed by atoms with van der Waals surface area (Å²) in [5, 5.41) is 10.9. The second-order valence-corrected chi connectivity index (χ2v) is 7.49. The average molecular weight is 390 g/mol. The predicted molar refractivity (Wildman–Crippen MR) is 115 cm³/mol.